The molecule has 1 unspecified atom stereocenters. The third-order valence-corrected chi connectivity index (χ3v) is 8.90. The fourth-order valence-electron chi connectivity index (χ4n) is 6.22. The van der Waals surface area contributed by atoms with Crippen LogP contribution in [0.5, 0.6) is 0 Å². The number of likely N-dealkylation sites (tertiary alicyclic amines) is 1. The molecule has 0 spiro atoms. The highest BCUT2D eigenvalue weighted by molar-refractivity contribution is 5.81. The summed E-state index contributed by atoms with van der Waals surface area (Å²) in [6.45, 7) is 10.1. The Bertz CT molecular complexity index is 970. The molecule has 6 heteroatoms. The molecular formula is C32H48N4O2. The van der Waals surface area contributed by atoms with Crippen molar-refractivity contribution in [1.82, 2.24) is 20.4 Å². The highest BCUT2D eigenvalue weighted by atomic mass is 16.2. The molecule has 1 aromatic rings. The van der Waals surface area contributed by atoms with Gasteiger partial charge < -0.3 is 15.5 Å². The number of aldehydes is 1. The van der Waals surface area contributed by atoms with Crippen molar-refractivity contribution in [2.75, 3.05) is 33.7 Å². The van der Waals surface area contributed by atoms with Gasteiger partial charge in [-0.25, -0.2) is 0 Å². The van der Waals surface area contributed by atoms with E-state index in [1.807, 2.05) is 25.3 Å². The van der Waals surface area contributed by atoms with Gasteiger partial charge in [-0.15, -0.1) is 6.58 Å². The van der Waals surface area contributed by atoms with E-state index >= 15 is 0 Å². The Hall–Kier alpha value is -2.62. The second-order valence-corrected chi connectivity index (χ2v) is 11.7. The van der Waals surface area contributed by atoms with Gasteiger partial charge in [0.2, 0.25) is 5.91 Å². The van der Waals surface area contributed by atoms with E-state index in [1.165, 1.54) is 31.2 Å². The van der Waals surface area contributed by atoms with E-state index in [0.717, 1.165) is 68.6 Å². The molecule has 3 rings (SSSR count). The number of amides is 1. The fraction of sp³-hybridized carbons (Fsp3) is 0.625. The fourth-order valence-corrected chi connectivity index (χ4v) is 6.22. The molecule has 1 aliphatic heterocycles. The second-order valence-electron chi connectivity index (χ2n) is 11.7. The highest BCUT2D eigenvalue weighted by Gasteiger charge is 2.35. The van der Waals surface area contributed by atoms with E-state index in [2.05, 4.69) is 46.0 Å². The minimum absolute atomic E-state index is 0.00370. The van der Waals surface area contributed by atoms with Crippen LogP contribution in [-0.4, -0.2) is 67.3 Å². The van der Waals surface area contributed by atoms with E-state index in [-0.39, 0.29) is 17.5 Å². The Labute approximate surface area is 230 Å². The van der Waals surface area contributed by atoms with Crippen molar-refractivity contribution in [1.29, 1.82) is 0 Å². The average molecular weight is 521 g/mol. The maximum Gasteiger partial charge on any atom is 0.237 e. The molecule has 208 valence electrons. The van der Waals surface area contributed by atoms with Crippen molar-refractivity contribution in [2.45, 2.75) is 82.8 Å². The minimum atomic E-state index is -0.259. The van der Waals surface area contributed by atoms with E-state index in [4.69, 9.17) is 6.42 Å². The van der Waals surface area contributed by atoms with Crippen LogP contribution in [0, 0.1) is 24.3 Å². The monoisotopic (exact) mass is 520 g/mol. The lowest BCUT2D eigenvalue weighted by Gasteiger charge is -2.44. The first kappa shape index (κ1) is 29.9. The van der Waals surface area contributed by atoms with Crippen LogP contribution in [0.2, 0.25) is 0 Å². The molecule has 0 bridgehead atoms. The Morgan fingerprint density at radius 2 is 2.08 bits per heavy atom. The third-order valence-electron chi connectivity index (χ3n) is 8.90. The summed E-state index contributed by atoms with van der Waals surface area (Å²) in [4.78, 5) is 29.1. The molecule has 1 saturated carbocycles. The van der Waals surface area contributed by atoms with Crippen molar-refractivity contribution in [3.63, 3.8) is 0 Å². The van der Waals surface area contributed by atoms with Gasteiger partial charge in [-0.3, -0.25) is 14.5 Å². The molecule has 1 saturated heterocycles. The van der Waals surface area contributed by atoms with Crippen molar-refractivity contribution in [2.24, 2.45) is 11.8 Å². The molecule has 6 nitrogen and oxygen atoms in total. The van der Waals surface area contributed by atoms with Crippen LogP contribution >= 0.6 is 0 Å². The van der Waals surface area contributed by atoms with Gasteiger partial charge in [0.05, 0.1) is 6.04 Å². The summed E-state index contributed by atoms with van der Waals surface area (Å²) < 4.78 is 0. The Morgan fingerprint density at radius 3 is 2.71 bits per heavy atom. The van der Waals surface area contributed by atoms with E-state index < -0.39 is 0 Å². The van der Waals surface area contributed by atoms with Gasteiger partial charge in [0.1, 0.15) is 6.29 Å². The number of nitrogens with zero attached hydrogens (tertiary/aromatic N) is 2. The molecule has 1 amide bonds. The molecule has 1 atom stereocenters. The summed E-state index contributed by atoms with van der Waals surface area (Å²) in [6, 6.07) is 8.48. The largest absolute Gasteiger partial charge is 0.358 e. The number of carbonyl (C=O) groups is 2. The lowest BCUT2D eigenvalue weighted by Crippen LogP contribution is -2.52. The van der Waals surface area contributed by atoms with Crippen LogP contribution in [0.25, 0.3) is 0 Å². The first-order valence-electron chi connectivity index (χ1n) is 14.4. The number of aryl methyl sites for hydroxylation is 1. The Balaban J connectivity index is 1.54. The lowest BCUT2D eigenvalue weighted by molar-refractivity contribution is -0.125. The van der Waals surface area contributed by atoms with Gasteiger partial charge in [-0.05, 0) is 87.8 Å². The molecule has 0 radical (unpaired) electrons. The maximum atomic E-state index is 12.5. The molecule has 38 heavy (non-hydrogen) atoms. The van der Waals surface area contributed by atoms with Crippen molar-refractivity contribution < 1.29 is 9.59 Å². The summed E-state index contributed by atoms with van der Waals surface area (Å²) in [7, 11) is 3.64. The van der Waals surface area contributed by atoms with Gasteiger partial charge in [-0.2, -0.15) is 0 Å². The summed E-state index contributed by atoms with van der Waals surface area (Å²) >= 11 is 0. The minimum Gasteiger partial charge on any atom is -0.358 e. The zero-order chi connectivity index (χ0) is 27.5. The SMILES string of the molecule is C#CNC1(CCN2CC(CCc3cccc(C=O)c3CN(C)C(CCC=C)C(=O)NC)C2)CCC(C)CC1. The molecule has 1 aromatic carbocycles. The number of allylic oxidation sites excluding steroid dienone is 1. The molecule has 1 aliphatic carbocycles. The van der Waals surface area contributed by atoms with E-state index in [0.29, 0.717) is 18.9 Å². The molecule has 2 aliphatic rings. The maximum absolute atomic E-state index is 12.5. The van der Waals surface area contributed by atoms with Gasteiger partial charge in [0.25, 0.3) is 0 Å². The van der Waals surface area contributed by atoms with E-state index in [9.17, 15) is 9.59 Å². The van der Waals surface area contributed by atoms with Crippen LogP contribution in [0.3, 0.4) is 0 Å². The quantitative estimate of drug-likeness (QED) is 0.155. The number of carbonyl (C=O) groups excluding carboxylic acids is 2. The number of terminal acetylenes is 1. The average Bonchev–Trinajstić information content (AvgIpc) is 2.90. The summed E-state index contributed by atoms with van der Waals surface area (Å²) in [5.41, 5.74) is 3.09. The predicted octanol–water partition coefficient (Wildman–Crippen LogP) is 4.40. The van der Waals surface area contributed by atoms with Crippen LogP contribution in [0.1, 0.15) is 79.8 Å². The number of benzene rings is 1. The smallest absolute Gasteiger partial charge is 0.237 e. The summed E-state index contributed by atoms with van der Waals surface area (Å²) in [6.07, 6.45) is 17.9. The first-order chi connectivity index (χ1) is 18.3. The number of hydrogen-bond acceptors (Lipinski definition) is 5. The van der Waals surface area contributed by atoms with Gasteiger partial charge in [0, 0.05) is 50.4 Å². The number of hydrogen-bond donors (Lipinski definition) is 2. The van der Waals surface area contributed by atoms with Gasteiger partial charge in [0.15, 0.2) is 0 Å². The van der Waals surface area contributed by atoms with Crippen LogP contribution < -0.4 is 10.6 Å². The van der Waals surface area contributed by atoms with Crippen LogP contribution in [0.15, 0.2) is 30.9 Å². The molecular weight excluding hydrogens is 472 g/mol. The van der Waals surface area contributed by atoms with Gasteiger partial charge in [-0.1, -0.05) is 37.6 Å². The summed E-state index contributed by atoms with van der Waals surface area (Å²) in [5.74, 6) is 1.48. The predicted molar refractivity (Wildman–Crippen MR) is 156 cm³/mol. The van der Waals surface area contributed by atoms with Crippen molar-refractivity contribution >= 4 is 12.2 Å². The van der Waals surface area contributed by atoms with Gasteiger partial charge >= 0.3 is 0 Å². The number of likely N-dealkylation sites (N-methyl/N-ethyl adjacent to an activating group) is 2. The zero-order valence-electron chi connectivity index (χ0n) is 23.8. The molecule has 1 heterocycles. The number of rotatable bonds is 15. The second kappa shape index (κ2) is 14.5. The molecule has 2 fully saturated rings. The highest BCUT2D eigenvalue weighted by Crippen LogP contribution is 2.35. The molecule has 2 N–H and O–H groups in total. The zero-order valence-corrected chi connectivity index (χ0v) is 23.8. The topological polar surface area (TPSA) is 64.7 Å². The van der Waals surface area contributed by atoms with E-state index in [1.54, 1.807) is 7.05 Å². The van der Waals surface area contributed by atoms with Crippen molar-refractivity contribution in [3.05, 3.63) is 47.5 Å². The Morgan fingerprint density at radius 1 is 1.34 bits per heavy atom. The summed E-state index contributed by atoms with van der Waals surface area (Å²) in [5, 5.41) is 6.16. The van der Waals surface area contributed by atoms with Crippen LogP contribution in [-0.2, 0) is 17.8 Å². The lowest BCUT2D eigenvalue weighted by atomic mass is 9.75. The Kier molecular flexibility index (Phi) is 11.4. The van der Waals surface area contributed by atoms with Crippen molar-refractivity contribution in [3.8, 4) is 12.5 Å². The normalized spacial score (nSPS) is 22.8. The molecule has 0 aromatic heterocycles. The first-order valence-corrected chi connectivity index (χ1v) is 14.4. The number of nitrogens with one attached hydrogen (secondary N) is 2. The third kappa shape index (κ3) is 7.94. The standard InChI is InChI=1S/C32H48N4O2/c1-6-8-12-30(31(38)33-4)35(5)23-29-27(10-9-11-28(29)24-37)14-13-26-21-36(22-26)20-19-32(34-7-2)17-15-25(3)16-18-32/h2,6,9-11,24-26,30,34H,1,8,12-23H2,3-5H3,(H,33,38). The van der Waals surface area contributed by atoms with Crippen LogP contribution in [0.4, 0.5) is 0 Å².